The third-order valence-corrected chi connectivity index (χ3v) is 5.09. The van der Waals surface area contributed by atoms with Gasteiger partial charge >= 0.3 is 7.67 Å². The van der Waals surface area contributed by atoms with Crippen molar-refractivity contribution in [1.82, 2.24) is 10.2 Å². The van der Waals surface area contributed by atoms with E-state index in [0.29, 0.717) is 11.3 Å². The highest BCUT2D eigenvalue weighted by molar-refractivity contribution is 7.55. The molecule has 0 saturated carbocycles. The molecule has 0 aromatic heterocycles. The number of carbonyl (C=O) groups excluding carboxylic acids is 1. The summed E-state index contributed by atoms with van der Waals surface area (Å²) in [5, 5.41) is 7.03. The van der Waals surface area contributed by atoms with Crippen LogP contribution in [0, 0.1) is 0 Å². The van der Waals surface area contributed by atoms with E-state index in [-0.39, 0.29) is 0 Å². The molecule has 1 atom stereocenters. The third-order valence-electron chi connectivity index (χ3n) is 3.53. The Morgan fingerprint density at radius 1 is 0.917 bits per heavy atom. The van der Waals surface area contributed by atoms with Gasteiger partial charge < -0.3 is 4.52 Å². The highest BCUT2D eigenvalue weighted by Gasteiger charge is 2.26. The van der Waals surface area contributed by atoms with Crippen molar-refractivity contribution >= 4 is 24.3 Å². The number of carbonyl (C=O) groups is 1. The predicted octanol–water partition coefficient (Wildman–Crippen LogP) is 3.98. The maximum Gasteiger partial charge on any atom is 0.419 e. The molecule has 122 valence electrons. The van der Waals surface area contributed by atoms with Gasteiger partial charge in [0, 0.05) is 5.56 Å². The number of hydrogen-bond acceptors (Lipinski definition) is 3. The number of fused-ring (bicyclic) bond motifs is 1. The van der Waals surface area contributed by atoms with Crippen molar-refractivity contribution in [2.24, 2.45) is 0 Å². The van der Waals surface area contributed by atoms with E-state index in [1.54, 1.807) is 42.5 Å². The quantitative estimate of drug-likeness (QED) is 0.690. The summed E-state index contributed by atoms with van der Waals surface area (Å²) in [5.41, 5.74) is 0.412. The van der Waals surface area contributed by atoms with Crippen LogP contribution in [0.15, 0.2) is 72.8 Å². The third kappa shape index (κ3) is 3.65. The molecule has 0 aliphatic carbocycles. The molecule has 0 fully saturated rings. The molecule has 0 saturated heterocycles. The summed E-state index contributed by atoms with van der Waals surface area (Å²) in [4.78, 5) is 12.2. The van der Waals surface area contributed by atoms with Crippen molar-refractivity contribution in [2.75, 3.05) is 7.05 Å². The standard InChI is InChI=1S/C18H17N2O3P/c1-19-24(22,20-18(21)15-8-3-2-4-9-15)23-17-12-11-14-7-5-6-10-16(14)13-17/h2-13H,1H3,(H2,19,20,21,22). The molecular formula is C18H17N2O3P. The van der Waals surface area contributed by atoms with Crippen LogP contribution in [-0.2, 0) is 4.57 Å². The summed E-state index contributed by atoms with van der Waals surface area (Å²) in [5.74, 6) is -0.0474. The van der Waals surface area contributed by atoms with Gasteiger partial charge in [-0.2, -0.15) is 0 Å². The first-order chi connectivity index (χ1) is 11.6. The van der Waals surface area contributed by atoms with Gasteiger partial charge in [0.25, 0.3) is 5.91 Å². The summed E-state index contributed by atoms with van der Waals surface area (Å²) in [6.45, 7) is 0. The van der Waals surface area contributed by atoms with Crippen LogP contribution in [0.1, 0.15) is 10.4 Å². The Kier molecular flexibility index (Phi) is 4.65. The molecule has 0 spiro atoms. The zero-order chi connectivity index (χ0) is 17.0. The predicted molar refractivity (Wildman–Crippen MR) is 95.2 cm³/mol. The lowest BCUT2D eigenvalue weighted by atomic mass is 10.1. The smallest absolute Gasteiger partial charge is 0.418 e. The van der Waals surface area contributed by atoms with Gasteiger partial charge in [-0.15, -0.1) is 0 Å². The minimum absolute atomic E-state index is 0.412. The van der Waals surface area contributed by atoms with E-state index < -0.39 is 13.6 Å². The summed E-state index contributed by atoms with van der Waals surface area (Å²) in [6, 6.07) is 21.7. The van der Waals surface area contributed by atoms with E-state index in [1.165, 1.54) is 7.05 Å². The molecule has 0 heterocycles. The maximum absolute atomic E-state index is 12.8. The van der Waals surface area contributed by atoms with E-state index in [9.17, 15) is 9.36 Å². The van der Waals surface area contributed by atoms with Crippen molar-refractivity contribution in [2.45, 2.75) is 0 Å². The first-order valence-corrected chi connectivity index (χ1v) is 9.07. The monoisotopic (exact) mass is 340 g/mol. The zero-order valence-electron chi connectivity index (χ0n) is 13.1. The number of nitrogens with one attached hydrogen (secondary N) is 2. The average molecular weight is 340 g/mol. The molecule has 0 aliphatic heterocycles. The minimum Gasteiger partial charge on any atom is -0.418 e. The Hall–Kier alpha value is -2.62. The van der Waals surface area contributed by atoms with Crippen molar-refractivity contribution in [3.63, 3.8) is 0 Å². The largest absolute Gasteiger partial charge is 0.419 e. The Labute approximate surface area is 140 Å². The van der Waals surface area contributed by atoms with Crippen LogP contribution in [0.25, 0.3) is 10.8 Å². The van der Waals surface area contributed by atoms with Gasteiger partial charge in [0.1, 0.15) is 5.75 Å². The zero-order valence-corrected chi connectivity index (χ0v) is 14.0. The lowest BCUT2D eigenvalue weighted by molar-refractivity contribution is 0.0977. The second kappa shape index (κ2) is 6.87. The molecule has 24 heavy (non-hydrogen) atoms. The molecule has 3 aromatic rings. The molecule has 3 rings (SSSR count). The molecule has 1 unspecified atom stereocenters. The number of amides is 1. The molecular weight excluding hydrogens is 323 g/mol. The highest BCUT2D eigenvalue weighted by atomic mass is 31.2. The van der Waals surface area contributed by atoms with Gasteiger partial charge in [-0.05, 0) is 42.1 Å². The fourth-order valence-electron chi connectivity index (χ4n) is 2.28. The molecule has 2 N–H and O–H groups in total. The number of rotatable bonds is 5. The van der Waals surface area contributed by atoms with Gasteiger partial charge in [0.05, 0.1) is 0 Å². The van der Waals surface area contributed by atoms with E-state index in [2.05, 4.69) is 10.2 Å². The van der Waals surface area contributed by atoms with Crippen LogP contribution in [-0.4, -0.2) is 13.0 Å². The van der Waals surface area contributed by atoms with E-state index in [4.69, 9.17) is 4.52 Å². The molecule has 3 aromatic carbocycles. The van der Waals surface area contributed by atoms with E-state index >= 15 is 0 Å². The van der Waals surface area contributed by atoms with Crippen LogP contribution >= 0.6 is 7.67 Å². The van der Waals surface area contributed by atoms with Crippen molar-refractivity contribution in [3.8, 4) is 5.75 Å². The van der Waals surface area contributed by atoms with E-state index in [0.717, 1.165) is 10.8 Å². The number of hydrogen-bond donors (Lipinski definition) is 2. The molecule has 1 amide bonds. The van der Waals surface area contributed by atoms with Gasteiger partial charge in [-0.3, -0.25) is 9.88 Å². The SMILES string of the molecule is CNP(=O)(NC(=O)c1ccccc1)Oc1ccc2ccccc2c1. The second-order valence-corrected chi connectivity index (χ2v) is 7.14. The Balaban J connectivity index is 1.81. The first kappa shape index (κ1) is 16.2. The van der Waals surface area contributed by atoms with Gasteiger partial charge in [-0.1, -0.05) is 48.5 Å². The van der Waals surface area contributed by atoms with Gasteiger partial charge in [-0.25, -0.2) is 9.65 Å². The van der Waals surface area contributed by atoms with Crippen LogP contribution < -0.4 is 14.7 Å². The van der Waals surface area contributed by atoms with Crippen molar-refractivity contribution in [1.29, 1.82) is 0 Å². The first-order valence-electron chi connectivity index (χ1n) is 7.45. The normalized spacial score (nSPS) is 13.2. The highest BCUT2D eigenvalue weighted by Crippen LogP contribution is 2.39. The molecule has 6 heteroatoms. The topological polar surface area (TPSA) is 67.4 Å². The number of benzene rings is 3. The van der Waals surface area contributed by atoms with Crippen LogP contribution in [0.2, 0.25) is 0 Å². The Morgan fingerprint density at radius 2 is 1.58 bits per heavy atom. The van der Waals surface area contributed by atoms with Gasteiger partial charge in [0.15, 0.2) is 0 Å². The fraction of sp³-hybridized carbons (Fsp3) is 0.0556. The Morgan fingerprint density at radius 3 is 2.29 bits per heavy atom. The maximum atomic E-state index is 12.8. The second-order valence-electron chi connectivity index (χ2n) is 5.18. The van der Waals surface area contributed by atoms with Crippen molar-refractivity contribution < 1.29 is 13.9 Å². The van der Waals surface area contributed by atoms with Gasteiger partial charge in [0.2, 0.25) is 0 Å². The van der Waals surface area contributed by atoms with Crippen LogP contribution in [0.4, 0.5) is 0 Å². The Bertz CT molecular complexity index is 912. The summed E-state index contributed by atoms with van der Waals surface area (Å²) >= 11 is 0. The molecule has 5 nitrogen and oxygen atoms in total. The fourth-order valence-corrected chi connectivity index (χ4v) is 3.34. The molecule has 0 radical (unpaired) electrons. The summed E-state index contributed by atoms with van der Waals surface area (Å²) in [7, 11) is -2.09. The van der Waals surface area contributed by atoms with Crippen LogP contribution in [0.5, 0.6) is 5.75 Å². The molecule has 0 aliphatic rings. The van der Waals surface area contributed by atoms with Crippen molar-refractivity contribution in [3.05, 3.63) is 78.4 Å². The molecule has 0 bridgehead atoms. The van der Waals surface area contributed by atoms with Crippen LogP contribution in [0.3, 0.4) is 0 Å². The lowest BCUT2D eigenvalue weighted by Gasteiger charge is -2.19. The minimum atomic E-state index is -3.57. The van der Waals surface area contributed by atoms with E-state index in [1.807, 2.05) is 30.3 Å². The average Bonchev–Trinajstić information content (AvgIpc) is 2.62. The lowest BCUT2D eigenvalue weighted by Crippen LogP contribution is -2.29. The summed E-state index contributed by atoms with van der Waals surface area (Å²) in [6.07, 6.45) is 0. The summed E-state index contributed by atoms with van der Waals surface area (Å²) < 4.78 is 18.4.